The molecule has 0 aliphatic carbocycles. The number of hydrogen-bond donors (Lipinski definition) is 2. The van der Waals surface area contributed by atoms with Crippen molar-refractivity contribution in [3.63, 3.8) is 0 Å². The monoisotopic (exact) mass is 419 g/mol. The number of aryl methyl sites for hydroxylation is 1. The van der Waals surface area contributed by atoms with Crippen LogP contribution in [0.3, 0.4) is 0 Å². The molecule has 1 rings (SSSR count). The van der Waals surface area contributed by atoms with Gasteiger partial charge in [-0.25, -0.2) is 4.39 Å². The van der Waals surface area contributed by atoms with Crippen LogP contribution in [0.15, 0.2) is 23.2 Å². The number of amides is 2. The highest BCUT2D eigenvalue weighted by Crippen LogP contribution is 2.28. The summed E-state index contributed by atoms with van der Waals surface area (Å²) in [7, 11) is 0. The van der Waals surface area contributed by atoms with Crippen LogP contribution < -0.4 is 11.1 Å². The zero-order valence-electron chi connectivity index (χ0n) is 18.8. The number of nitrogens with zero attached hydrogens (tertiary/aromatic N) is 1. The van der Waals surface area contributed by atoms with Gasteiger partial charge in [-0.05, 0) is 49.3 Å². The number of Topliss-reactive ketones (excluding diaryl/α,β-unsaturated/α-hetero) is 1. The third kappa shape index (κ3) is 7.69. The lowest BCUT2D eigenvalue weighted by atomic mass is 9.82. The van der Waals surface area contributed by atoms with E-state index in [9.17, 15) is 18.8 Å². The summed E-state index contributed by atoms with van der Waals surface area (Å²) in [5, 5.41) is 2.59. The van der Waals surface area contributed by atoms with Crippen LogP contribution in [0.5, 0.6) is 0 Å². The molecule has 0 heterocycles. The van der Waals surface area contributed by atoms with Gasteiger partial charge in [0, 0.05) is 12.5 Å². The molecule has 0 saturated carbocycles. The Morgan fingerprint density at radius 2 is 1.87 bits per heavy atom. The van der Waals surface area contributed by atoms with Crippen molar-refractivity contribution in [2.45, 2.75) is 67.3 Å². The molecule has 30 heavy (non-hydrogen) atoms. The second-order valence-electron chi connectivity index (χ2n) is 8.69. The number of nitrogens with two attached hydrogens (primary N) is 1. The fourth-order valence-corrected chi connectivity index (χ4v) is 2.68. The quantitative estimate of drug-likeness (QED) is 0.261. The number of hydrogen-bond acceptors (Lipinski definition) is 3. The number of aliphatic imine (C=N–C) groups is 1. The molecule has 6 nitrogen and oxygen atoms in total. The lowest BCUT2D eigenvalue weighted by Crippen LogP contribution is -2.37. The molecule has 0 aromatic heterocycles. The first-order valence-electron chi connectivity index (χ1n) is 10.3. The summed E-state index contributed by atoms with van der Waals surface area (Å²) < 4.78 is 13.3. The van der Waals surface area contributed by atoms with Gasteiger partial charge >= 0.3 is 5.91 Å². The van der Waals surface area contributed by atoms with Crippen molar-refractivity contribution in [2.24, 2.45) is 28.0 Å². The number of halogens is 1. The molecule has 3 N–H and O–H groups in total. The van der Waals surface area contributed by atoms with E-state index in [-0.39, 0.29) is 29.5 Å². The third-order valence-electron chi connectivity index (χ3n) is 5.63. The van der Waals surface area contributed by atoms with Crippen LogP contribution in [-0.2, 0) is 20.9 Å². The van der Waals surface area contributed by atoms with E-state index in [2.05, 4.69) is 31.1 Å². The Morgan fingerprint density at radius 3 is 2.43 bits per heavy atom. The second-order valence-corrected chi connectivity index (χ2v) is 8.69. The van der Waals surface area contributed by atoms with Gasteiger partial charge in [0.05, 0.1) is 0 Å². The van der Waals surface area contributed by atoms with Crippen molar-refractivity contribution in [1.82, 2.24) is 5.32 Å². The van der Waals surface area contributed by atoms with Crippen molar-refractivity contribution < 1.29 is 18.8 Å². The van der Waals surface area contributed by atoms with Gasteiger partial charge in [-0.15, -0.1) is 0 Å². The summed E-state index contributed by atoms with van der Waals surface area (Å²) in [5.74, 6) is -4.08. The summed E-state index contributed by atoms with van der Waals surface area (Å²) in [4.78, 5) is 40.4. The highest BCUT2D eigenvalue weighted by atomic mass is 19.1. The number of ketones is 1. The molecule has 2 amide bonds. The first-order valence-corrected chi connectivity index (χ1v) is 10.3. The van der Waals surface area contributed by atoms with Crippen molar-refractivity contribution >= 4 is 23.4 Å². The van der Waals surface area contributed by atoms with E-state index < -0.39 is 23.5 Å². The SMILES string of the molecule is CCC(C)(C)CCC(C)C(N)=NC(=O)C(=O)C(C)C(=O)NCc1ccc(F)c(C)c1. The molecule has 166 valence electrons. The van der Waals surface area contributed by atoms with Crippen LogP contribution in [0.25, 0.3) is 0 Å². The standard InChI is InChI=1S/C23H34FN3O3/c1-7-23(5,6)11-10-14(2)20(25)27-22(30)19(28)16(4)21(29)26-13-17-8-9-18(24)15(3)12-17/h8-9,12,14,16H,7,10-11,13H2,1-6H3,(H,26,29)(H2,25,27,30). The molecule has 0 spiro atoms. The Labute approximate surface area is 178 Å². The van der Waals surface area contributed by atoms with E-state index in [4.69, 9.17) is 5.73 Å². The van der Waals surface area contributed by atoms with E-state index in [1.165, 1.54) is 13.0 Å². The normalized spacial score (nSPS) is 14.2. The van der Waals surface area contributed by atoms with Crippen LogP contribution in [0.1, 0.15) is 65.0 Å². The van der Waals surface area contributed by atoms with Crippen molar-refractivity contribution in [3.8, 4) is 0 Å². The summed E-state index contributed by atoms with van der Waals surface area (Å²) >= 11 is 0. The maximum absolute atomic E-state index is 13.3. The Balaban J connectivity index is 2.64. The van der Waals surface area contributed by atoms with Gasteiger partial charge in [-0.3, -0.25) is 14.4 Å². The van der Waals surface area contributed by atoms with Gasteiger partial charge in [-0.1, -0.05) is 46.2 Å². The molecule has 0 saturated heterocycles. The molecule has 0 fully saturated rings. The van der Waals surface area contributed by atoms with Gasteiger partial charge in [0.2, 0.25) is 11.7 Å². The Kier molecular flexibility index (Phi) is 9.33. The first kappa shape index (κ1) is 25.5. The molecule has 0 aliphatic rings. The molecule has 2 unspecified atom stereocenters. The van der Waals surface area contributed by atoms with E-state index in [1.807, 2.05) is 6.92 Å². The Hall–Kier alpha value is -2.57. The van der Waals surface area contributed by atoms with E-state index >= 15 is 0 Å². The molecule has 7 heteroatoms. The average Bonchev–Trinajstić information content (AvgIpc) is 2.71. The molecule has 0 aliphatic heterocycles. The number of rotatable bonds is 10. The summed E-state index contributed by atoms with van der Waals surface area (Å²) in [6.45, 7) is 11.4. The topological polar surface area (TPSA) is 102 Å². The third-order valence-corrected chi connectivity index (χ3v) is 5.63. The Bertz CT molecular complexity index is 818. The van der Waals surface area contributed by atoms with Crippen LogP contribution >= 0.6 is 0 Å². The first-order chi connectivity index (χ1) is 13.9. The number of carbonyl (C=O) groups excluding carboxylic acids is 3. The highest BCUT2D eigenvalue weighted by Gasteiger charge is 2.28. The fourth-order valence-electron chi connectivity index (χ4n) is 2.68. The summed E-state index contributed by atoms with van der Waals surface area (Å²) in [5.41, 5.74) is 7.23. The summed E-state index contributed by atoms with van der Waals surface area (Å²) in [6, 6.07) is 4.47. The number of benzene rings is 1. The number of nitrogens with one attached hydrogen (secondary N) is 1. The largest absolute Gasteiger partial charge is 0.387 e. The van der Waals surface area contributed by atoms with E-state index in [1.54, 1.807) is 19.1 Å². The van der Waals surface area contributed by atoms with Crippen LogP contribution in [-0.4, -0.2) is 23.4 Å². The van der Waals surface area contributed by atoms with Gasteiger partial charge in [0.15, 0.2) is 0 Å². The van der Waals surface area contributed by atoms with Gasteiger partial charge in [0.25, 0.3) is 0 Å². The zero-order chi connectivity index (χ0) is 23.1. The van der Waals surface area contributed by atoms with E-state index in [0.29, 0.717) is 11.1 Å². The number of carbonyl (C=O) groups is 3. The Morgan fingerprint density at radius 1 is 1.23 bits per heavy atom. The predicted octanol–water partition coefficient (Wildman–Crippen LogP) is 3.69. The lowest BCUT2D eigenvalue weighted by Gasteiger charge is -2.24. The second kappa shape index (κ2) is 11.0. The molecule has 0 radical (unpaired) electrons. The molecule has 2 atom stereocenters. The van der Waals surface area contributed by atoms with Gasteiger partial charge < -0.3 is 11.1 Å². The fraction of sp³-hybridized carbons (Fsp3) is 0.565. The minimum atomic E-state index is -1.19. The predicted molar refractivity (Wildman–Crippen MR) is 116 cm³/mol. The van der Waals surface area contributed by atoms with E-state index in [0.717, 1.165) is 19.3 Å². The minimum Gasteiger partial charge on any atom is -0.387 e. The van der Waals surface area contributed by atoms with Crippen LogP contribution in [0.4, 0.5) is 4.39 Å². The maximum Gasteiger partial charge on any atom is 0.315 e. The number of amidine groups is 1. The molecular weight excluding hydrogens is 385 g/mol. The van der Waals surface area contributed by atoms with Crippen molar-refractivity contribution in [1.29, 1.82) is 0 Å². The van der Waals surface area contributed by atoms with Crippen LogP contribution in [0.2, 0.25) is 0 Å². The maximum atomic E-state index is 13.3. The zero-order valence-corrected chi connectivity index (χ0v) is 18.8. The van der Waals surface area contributed by atoms with Gasteiger partial charge in [0.1, 0.15) is 17.6 Å². The molecule has 1 aromatic carbocycles. The molecule has 1 aromatic rings. The summed E-state index contributed by atoms with van der Waals surface area (Å²) in [6.07, 6.45) is 2.70. The highest BCUT2D eigenvalue weighted by molar-refractivity contribution is 6.41. The molecular formula is C23H34FN3O3. The average molecular weight is 420 g/mol. The minimum absolute atomic E-state index is 0.106. The van der Waals surface area contributed by atoms with Crippen molar-refractivity contribution in [3.05, 3.63) is 35.1 Å². The van der Waals surface area contributed by atoms with Crippen LogP contribution in [0, 0.1) is 30.0 Å². The van der Waals surface area contributed by atoms with Gasteiger partial charge in [-0.2, -0.15) is 4.99 Å². The smallest absolute Gasteiger partial charge is 0.315 e. The lowest BCUT2D eigenvalue weighted by molar-refractivity contribution is -0.142. The van der Waals surface area contributed by atoms with Crippen molar-refractivity contribution in [2.75, 3.05) is 0 Å². The molecule has 0 bridgehead atoms.